The highest BCUT2D eigenvalue weighted by molar-refractivity contribution is 6.01. The highest BCUT2D eigenvalue weighted by Crippen LogP contribution is 2.20. The quantitative estimate of drug-likeness (QED) is 0.180. The summed E-state index contributed by atoms with van der Waals surface area (Å²) >= 11 is 0. The number of aliphatic hydroxyl groups excluding tert-OH is 1. The second kappa shape index (κ2) is 14.8. The molecule has 13 nitrogen and oxygen atoms in total. The molecule has 0 radical (unpaired) electrons. The summed E-state index contributed by atoms with van der Waals surface area (Å²) in [6.45, 7) is 3.37. The summed E-state index contributed by atoms with van der Waals surface area (Å²) in [5.74, 6) is -1.90. The highest BCUT2D eigenvalue weighted by Gasteiger charge is 2.33. The summed E-state index contributed by atoms with van der Waals surface area (Å²) in [6.07, 6.45) is -0.473. The van der Waals surface area contributed by atoms with Gasteiger partial charge < -0.3 is 29.0 Å². The molecule has 0 unspecified atom stereocenters. The number of rotatable bonds is 12. The van der Waals surface area contributed by atoms with Gasteiger partial charge in [0.25, 0.3) is 0 Å². The summed E-state index contributed by atoms with van der Waals surface area (Å²) in [4.78, 5) is 66.8. The van der Waals surface area contributed by atoms with Crippen LogP contribution in [-0.2, 0) is 33.4 Å². The molecule has 0 saturated carbocycles. The van der Waals surface area contributed by atoms with Crippen molar-refractivity contribution < 1.29 is 52.9 Å². The lowest BCUT2D eigenvalue weighted by molar-refractivity contribution is -0.222. The lowest BCUT2D eigenvalue weighted by Gasteiger charge is -2.35. The van der Waals surface area contributed by atoms with Gasteiger partial charge in [0.2, 0.25) is 12.7 Å². The van der Waals surface area contributed by atoms with Gasteiger partial charge in [-0.3, -0.25) is 19.2 Å². The van der Waals surface area contributed by atoms with Gasteiger partial charge in [-0.2, -0.15) is 0 Å². The number of piperidine rings is 1. The number of esters is 2. The average molecular weight is 525 g/mol. The van der Waals surface area contributed by atoms with E-state index in [0.29, 0.717) is 18.6 Å². The number of hydrogen-bond donors (Lipinski definition) is 1. The minimum atomic E-state index is -1.30. The van der Waals surface area contributed by atoms with Gasteiger partial charge in [-0.05, 0) is 44.0 Å². The molecule has 2 amide bonds. The second-order valence-electron chi connectivity index (χ2n) is 7.98. The molecule has 1 atom stereocenters. The van der Waals surface area contributed by atoms with E-state index >= 15 is 0 Å². The third-order valence-corrected chi connectivity index (χ3v) is 5.28. The number of hydroxylamine groups is 2. The van der Waals surface area contributed by atoms with E-state index < -0.39 is 55.3 Å². The number of ketones is 1. The summed E-state index contributed by atoms with van der Waals surface area (Å²) in [6, 6.07) is 4.56. The predicted molar refractivity (Wildman–Crippen MR) is 125 cm³/mol. The van der Waals surface area contributed by atoms with Crippen LogP contribution in [0.4, 0.5) is 4.79 Å². The van der Waals surface area contributed by atoms with Crippen LogP contribution in [-0.4, -0.2) is 96.6 Å². The first-order chi connectivity index (χ1) is 17.7. The first-order valence-corrected chi connectivity index (χ1v) is 11.7. The van der Waals surface area contributed by atoms with Gasteiger partial charge in [-0.15, -0.1) is 0 Å². The van der Waals surface area contributed by atoms with E-state index in [9.17, 15) is 29.1 Å². The van der Waals surface area contributed by atoms with Crippen molar-refractivity contribution in [2.45, 2.75) is 45.8 Å². The summed E-state index contributed by atoms with van der Waals surface area (Å²) in [5.41, 5.74) is 0.197. The Bertz CT molecular complexity index is 943. The molecule has 0 aromatic heterocycles. The Morgan fingerprint density at radius 1 is 1.03 bits per heavy atom. The number of Topliss-reactive ketones (excluding diaryl/α,β-unsaturated/α-hetero) is 1. The maximum atomic E-state index is 13.1. The van der Waals surface area contributed by atoms with Gasteiger partial charge in [0.15, 0.2) is 12.4 Å². The van der Waals surface area contributed by atoms with Crippen molar-refractivity contribution in [2.75, 3.05) is 39.7 Å². The van der Waals surface area contributed by atoms with Crippen LogP contribution in [0.25, 0.3) is 0 Å². The summed E-state index contributed by atoms with van der Waals surface area (Å²) in [7, 11) is 0. The number of benzene rings is 1. The van der Waals surface area contributed by atoms with Crippen molar-refractivity contribution in [2.24, 2.45) is 0 Å². The fraction of sp³-hybridized carbons (Fsp3) is 0.542. The molecule has 2 rings (SSSR count). The molecule has 1 heterocycles. The minimum Gasteiger partial charge on any atom is -0.482 e. The normalized spacial score (nSPS) is 14.3. The van der Waals surface area contributed by atoms with E-state index in [0.717, 1.165) is 5.06 Å². The van der Waals surface area contributed by atoms with E-state index in [1.807, 2.05) is 0 Å². The molecule has 37 heavy (non-hydrogen) atoms. The van der Waals surface area contributed by atoms with Crippen molar-refractivity contribution in [3.05, 3.63) is 29.8 Å². The molecule has 0 aliphatic carbocycles. The number of aliphatic hydroxyl groups is 1. The minimum absolute atomic E-state index is 0.197. The molecule has 13 heteroatoms. The van der Waals surface area contributed by atoms with Gasteiger partial charge in [-0.25, -0.2) is 14.7 Å². The molecule has 0 bridgehead atoms. The van der Waals surface area contributed by atoms with Crippen molar-refractivity contribution in [3.8, 4) is 5.75 Å². The number of amides is 2. The van der Waals surface area contributed by atoms with Gasteiger partial charge >= 0.3 is 18.0 Å². The number of carbonyl (C=O) groups is 5. The highest BCUT2D eigenvalue weighted by atomic mass is 16.7. The molecule has 1 N–H and O–H groups in total. The van der Waals surface area contributed by atoms with E-state index in [1.165, 1.54) is 43.0 Å². The Morgan fingerprint density at radius 2 is 1.68 bits per heavy atom. The molecule has 1 aromatic carbocycles. The third kappa shape index (κ3) is 9.35. The van der Waals surface area contributed by atoms with Crippen molar-refractivity contribution in [1.29, 1.82) is 0 Å². The Labute approximate surface area is 214 Å². The molecular weight excluding hydrogens is 492 g/mol. The zero-order chi connectivity index (χ0) is 27.4. The van der Waals surface area contributed by atoms with Crippen molar-refractivity contribution in [1.82, 2.24) is 9.96 Å². The van der Waals surface area contributed by atoms with Gasteiger partial charge in [-0.1, -0.05) is 0 Å². The molecular formula is C24H32N2O11. The molecule has 204 valence electrons. The lowest BCUT2D eigenvalue weighted by Crippen LogP contribution is -2.50. The van der Waals surface area contributed by atoms with E-state index in [2.05, 4.69) is 4.74 Å². The Hall–Kier alpha value is -3.71. The van der Waals surface area contributed by atoms with Crippen LogP contribution in [0.15, 0.2) is 24.3 Å². The van der Waals surface area contributed by atoms with Crippen LogP contribution in [0.3, 0.4) is 0 Å². The maximum Gasteiger partial charge on any atom is 0.412 e. The Balaban J connectivity index is 1.95. The Morgan fingerprint density at radius 3 is 2.22 bits per heavy atom. The standard InChI is InChI=1S/C24H32N2O11/c1-4-33-22(30)14-34-19-7-5-18(6-8-19)23(31)21(13-27)26(16(2)28)37-20-9-11-25(12-10-20)24(32)36-15-35-17(3)29/h5-8,20-21,27H,4,9-15H2,1-3H3/t21-/m0/s1. The molecule has 1 aliphatic rings. The molecule has 1 aliphatic heterocycles. The summed E-state index contributed by atoms with van der Waals surface area (Å²) < 4.78 is 19.5. The largest absolute Gasteiger partial charge is 0.482 e. The molecule has 0 spiro atoms. The topological polar surface area (TPSA) is 158 Å². The van der Waals surface area contributed by atoms with Crippen molar-refractivity contribution >= 4 is 29.7 Å². The van der Waals surface area contributed by atoms with E-state index in [1.54, 1.807) is 6.92 Å². The lowest BCUT2D eigenvalue weighted by atomic mass is 10.0. The molecule has 1 saturated heterocycles. The predicted octanol–water partition coefficient (Wildman–Crippen LogP) is 1.07. The van der Waals surface area contributed by atoms with Crippen LogP contribution in [0, 0.1) is 0 Å². The van der Waals surface area contributed by atoms with Crippen molar-refractivity contribution in [3.63, 3.8) is 0 Å². The number of nitrogens with zero attached hydrogens (tertiary/aromatic N) is 2. The first-order valence-electron chi connectivity index (χ1n) is 11.7. The number of ether oxygens (including phenoxy) is 4. The number of carbonyl (C=O) groups excluding carboxylic acids is 5. The van der Waals surface area contributed by atoms with Gasteiger partial charge in [0.05, 0.1) is 19.3 Å². The van der Waals surface area contributed by atoms with Gasteiger partial charge in [0, 0.05) is 32.5 Å². The first kappa shape index (κ1) is 29.5. The molecule has 1 fully saturated rings. The van der Waals surface area contributed by atoms with Crippen LogP contribution >= 0.6 is 0 Å². The number of likely N-dealkylation sites (tertiary alicyclic amines) is 1. The smallest absolute Gasteiger partial charge is 0.412 e. The van der Waals surface area contributed by atoms with E-state index in [4.69, 9.17) is 19.0 Å². The zero-order valence-electron chi connectivity index (χ0n) is 21.0. The zero-order valence-corrected chi connectivity index (χ0v) is 21.0. The van der Waals surface area contributed by atoms with Crippen LogP contribution in [0.5, 0.6) is 5.75 Å². The van der Waals surface area contributed by atoms with Gasteiger partial charge in [0.1, 0.15) is 11.8 Å². The van der Waals surface area contributed by atoms with Crippen LogP contribution in [0.2, 0.25) is 0 Å². The second-order valence-corrected chi connectivity index (χ2v) is 7.98. The fourth-order valence-corrected chi connectivity index (χ4v) is 3.44. The monoisotopic (exact) mass is 524 g/mol. The maximum absolute atomic E-state index is 13.1. The molecule has 1 aromatic rings. The third-order valence-electron chi connectivity index (χ3n) is 5.28. The van der Waals surface area contributed by atoms with Crippen LogP contribution < -0.4 is 4.74 Å². The fourth-order valence-electron chi connectivity index (χ4n) is 3.44. The van der Waals surface area contributed by atoms with Crippen LogP contribution in [0.1, 0.15) is 44.0 Å². The average Bonchev–Trinajstić information content (AvgIpc) is 2.87. The van der Waals surface area contributed by atoms with E-state index in [-0.39, 0.29) is 31.9 Å². The SMILES string of the molecule is CCOC(=O)COc1ccc(C(=O)[C@H](CO)N(OC2CCN(C(=O)OCOC(C)=O)CC2)C(C)=O)cc1. The summed E-state index contributed by atoms with van der Waals surface area (Å²) in [5, 5.41) is 10.8. The Kier molecular flexibility index (Phi) is 11.8. The number of hydrogen-bond acceptors (Lipinski definition) is 11.